The number of nitrogens with zero attached hydrogens (tertiary/aromatic N) is 3. The number of allylic oxidation sites excluding steroid dienone is 1. The number of halogens is 3. The van der Waals surface area contributed by atoms with E-state index in [1.54, 1.807) is 12.1 Å². The molecule has 2 N–H and O–H groups in total. The number of rotatable bonds is 9. The molecule has 0 spiro atoms. The van der Waals surface area contributed by atoms with Gasteiger partial charge < -0.3 is 25.0 Å². The predicted molar refractivity (Wildman–Crippen MR) is 166 cm³/mol. The van der Waals surface area contributed by atoms with Gasteiger partial charge in [0.15, 0.2) is 0 Å². The van der Waals surface area contributed by atoms with Crippen molar-refractivity contribution in [3.63, 3.8) is 0 Å². The molecule has 2 heterocycles. The van der Waals surface area contributed by atoms with Gasteiger partial charge in [0, 0.05) is 50.7 Å². The molecule has 10 heteroatoms. The molecule has 2 fully saturated rings. The summed E-state index contributed by atoms with van der Waals surface area (Å²) in [6, 6.07) is 13.5. The lowest BCUT2D eigenvalue weighted by molar-refractivity contribution is -0.274. The average molecular weight is 617 g/mol. The van der Waals surface area contributed by atoms with E-state index in [0.29, 0.717) is 38.6 Å². The van der Waals surface area contributed by atoms with Crippen LogP contribution in [-0.4, -0.2) is 72.3 Å². The third-order valence-electron chi connectivity index (χ3n) is 8.78. The Bertz CT molecular complexity index is 1270. The van der Waals surface area contributed by atoms with E-state index in [2.05, 4.69) is 40.2 Å². The summed E-state index contributed by atoms with van der Waals surface area (Å²) in [6.45, 7) is 14.3. The van der Waals surface area contributed by atoms with Crippen LogP contribution in [0.1, 0.15) is 71.0 Å². The third kappa shape index (κ3) is 8.40. The molecule has 0 saturated carbocycles. The Labute approximate surface area is 259 Å². The zero-order chi connectivity index (χ0) is 32.1. The summed E-state index contributed by atoms with van der Waals surface area (Å²) in [5, 5.41) is 0. The Balaban J connectivity index is 1.58. The average Bonchev–Trinajstić information content (AvgIpc) is 2.98. The standard InChI is InChI=1S/C34H47F3N4O3/c1-6-30(38)39-18-16-24(17-19-39)22-31(42)41-21-20-40(23-29(41)33(3,4)5)32(27-10-8-9-11-28(27)43-7-2)25-12-14-26(15-13-25)44-34(35,36)37/h6,8-15,24,29,32H,7,16-23,38H2,1-5H3/b30-6+/t29-,32?/m1/s1. The van der Waals surface area contributed by atoms with Crippen LogP contribution in [0.3, 0.4) is 0 Å². The van der Waals surface area contributed by atoms with Crippen LogP contribution in [0.25, 0.3) is 0 Å². The quantitative estimate of drug-likeness (QED) is 0.345. The molecule has 0 aliphatic carbocycles. The number of hydrogen-bond acceptors (Lipinski definition) is 6. The number of ether oxygens (including phenoxy) is 2. The van der Waals surface area contributed by atoms with Crippen LogP contribution in [0.15, 0.2) is 60.4 Å². The molecule has 0 aromatic heterocycles. The lowest BCUT2D eigenvalue weighted by Gasteiger charge is -2.50. The minimum atomic E-state index is -4.76. The topological polar surface area (TPSA) is 71.3 Å². The molecule has 1 unspecified atom stereocenters. The Kier molecular flexibility index (Phi) is 10.8. The summed E-state index contributed by atoms with van der Waals surface area (Å²) in [5.74, 6) is 1.76. The number of carbonyl (C=O) groups is 1. The van der Waals surface area contributed by atoms with Crippen molar-refractivity contribution >= 4 is 5.91 Å². The highest BCUT2D eigenvalue weighted by molar-refractivity contribution is 5.77. The molecular weight excluding hydrogens is 569 g/mol. The number of carbonyl (C=O) groups excluding carboxylic acids is 1. The fourth-order valence-electron chi connectivity index (χ4n) is 6.45. The van der Waals surface area contributed by atoms with Crippen LogP contribution < -0.4 is 15.2 Å². The van der Waals surface area contributed by atoms with Crippen molar-refractivity contribution in [3.8, 4) is 11.5 Å². The third-order valence-corrected chi connectivity index (χ3v) is 8.78. The second-order valence-electron chi connectivity index (χ2n) is 12.8. The van der Waals surface area contributed by atoms with Gasteiger partial charge in [-0.25, -0.2) is 0 Å². The number of likely N-dealkylation sites (tertiary alicyclic amines) is 1. The molecule has 2 atom stereocenters. The molecule has 2 aliphatic heterocycles. The highest BCUT2D eigenvalue weighted by atomic mass is 19.4. The molecule has 1 amide bonds. The second kappa shape index (κ2) is 14.1. The number of hydrogen-bond donors (Lipinski definition) is 1. The summed E-state index contributed by atoms with van der Waals surface area (Å²) in [7, 11) is 0. The molecule has 44 heavy (non-hydrogen) atoms. The van der Waals surface area contributed by atoms with Crippen LogP contribution >= 0.6 is 0 Å². The minimum Gasteiger partial charge on any atom is -0.494 e. The lowest BCUT2D eigenvalue weighted by Crippen LogP contribution is -2.60. The summed E-state index contributed by atoms with van der Waals surface area (Å²) >= 11 is 0. The van der Waals surface area contributed by atoms with E-state index < -0.39 is 6.36 Å². The van der Waals surface area contributed by atoms with Gasteiger partial charge in [-0.15, -0.1) is 13.2 Å². The van der Waals surface area contributed by atoms with Crippen molar-refractivity contribution in [1.82, 2.24) is 14.7 Å². The van der Waals surface area contributed by atoms with Gasteiger partial charge in [0.05, 0.1) is 18.5 Å². The summed E-state index contributed by atoms with van der Waals surface area (Å²) in [4.78, 5) is 20.4. The number of piperidine rings is 1. The fraction of sp³-hybridized carbons (Fsp3) is 0.559. The van der Waals surface area contributed by atoms with Gasteiger partial charge in [-0.05, 0) is 67.9 Å². The predicted octanol–water partition coefficient (Wildman–Crippen LogP) is 6.55. The highest BCUT2D eigenvalue weighted by Gasteiger charge is 2.41. The van der Waals surface area contributed by atoms with Crippen LogP contribution in [0, 0.1) is 11.3 Å². The van der Waals surface area contributed by atoms with Crippen molar-refractivity contribution in [2.24, 2.45) is 17.1 Å². The van der Waals surface area contributed by atoms with Crippen LogP contribution in [0.2, 0.25) is 0 Å². The molecular formula is C34H47F3N4O3. The Morgan fingerprint density at radius 1 is 1.02 bits per heavy atom. The fourth-order valence-corrected chi connectivity index (χ4v) is 6.45. The van der Waals surface area contributed by atoms with E-state index >= 15 is 0 Å². The molecule has 2 aromatic rings. The Hall–Kier alpha value is -3.40. The monoisotopic (exact) mass is 616 g/mol. The molecule has 242 valence electrons. The first-order valence-corrected chi connectivity index (χ1v) is 15.6. The first kappa shape index (κ1) is 33.5. The van der Waals surface area contributed by atoms with Gasteiger partial charge in [0.1, 0.15) is 11.5 Å². The van der Waals surface area contributed by atoms with Crippen molar-refractivity contribution < 1.29 is 27.4 Å². The number of benzene rings is 2. The molecule has 4 rings (SSSR count). The molecule has 0 bridgehead atoms. The first-order chi connectivity index (χ1) is 20.8. The number of piperazine rings is 1. The maximum Gasteiger partial charge on any atom is 0.573 e. The van der Waals surface area contributed by atoms with Crippen LogP contribution in [0.5, 0.6) is 11.5 Å². The number of alkyl halides is 3. The van der Waals surface area contributed by atoms with Crippen LogP contribution in [-0.2, 0) is 4.79 Å². The van der Waals surface area contributed by atoms with E-state index in [-0.39, 0.29) is 29.2 Å². The largest absolute Gasteiger partial charge is 0.573 e. The zero-order valence-electron chi connectivity index (χ0n) is 26.6. The van der Waals surface area contributed by atoms with E-state index in [0.717, 1.165) is 48.6 Å². The summed E-state index contributed by atoms with van der Waals surface area (Å²) < 4.78 is 48.8. The molecule has 7 nitrogen and oxygen atoms in total. The maximum absolute atomic E-state index is 13.8. The van der Waals surface area contributed by atoms with Crippen molar-refractivity contribution in [2.45, 2.75) is 72.3 Å². The second-order valence-corrected chi connectivity index (χ2v) is 12.8. The normalized spacial score (nSPS) is 20.0. The number of para-hydroxylation sites is 1. The lowest BCUT2D eigenvalue weighted by atomic mass is 9.82. The Morgan fingerprint density at radius 3 is 2.27 bits per heavy atom. The van der Waals surface area contributed by atoms with E-state index in [9.17, 15) is 18.0 Å². The SMILES string of the molecule is C/C=C(\N)N1CCC(CC(=O)N2CCN(C(c3ccc(OC(F)(F)F)cc3)c3ccccc3OCC)C[C@@H]2C(C)(C)C)CC1. The smallest absolute Gasteiger partial charge is 0.494 e. The van der Waals surface area contributed by atoms with E-state index in [1.807, 2.05) is 44.2 Å². The molecule has 2 aliphatic rings. The van der Waals surface area contributed by atoms with Gasteiger partial charge in [-0.1, -0.05) is 51.1 Å². The van der Waals surface area contributed by atoms with E-state index in [1.165, 1.54) is 12.1 Å². The van der Waals surface area contributed by atoms with Gasteiger partial charge in [0.25, 0.3) is 0 Å². The van der Waals surface area contributed by atoms with Crippen molar-refractivity contribution in [3.05, 3.63) is 71.6 Å². The maximum atomic E-state index is 13.8. The zero-order valence-corrected chi connectivity index (χ0v) is 26.6. The van der Waals surface area contributed by atoms with Crippen molar-refractivity contribution in [2.75, 3.05) is 39.3 Å². The van der Waals surface area contributed by atoms with Gasteiger partial charge in [0.2, 0.25) is 5.91 Å². The molecule has 2 aromatic carbocycles. The summed E-state index contributed by atoms with van der Waals surface area (Å²) in [5.41, 5.74) is 7.66. The number of amides is 1. The van der Waals surface area contributed by atoms with Gasteiger partial charge >= 0.3 is 6.36 Å². The molecule has 0 radical (unpaired) electrons. The van der Waals surface area contributed by atoms with Gasteiger partial charge in [-0.3, -0.25) is 9.69 Å². The van der Waals surface area contributed by atoms with E-state index in [4.69, 9.17) is 10.5 Å². The first-order valence-electron chi connectivity index (χ1n) is 15.6. The van der Waals surface area contributed by atoms with Crippen LogP contribution in [0.4, 0.5) is 13.2 Å². The molecule has 2 saturated heterocycles. The minimum absolute atomic E-state index is 0.0582. The Morgan fingerprint density at radius 2 is 1.68 bits per heavy atom. The van der Waals surface area contributed by atoms with Gasteiger partial charge in [-0.2, -0.15) is 0 Å². The number of nitrogens with two attached hydrogens (primary N) is 1. The van der Waals surface area contributed by atoms with Crippen molar-refractivity contribution in [1.29, 1.82) is 0 Å². The summed E-state index contributed by atoms with van der Waals surface area (Å²) in [6.07, 6.45) is -0.450. The highest BCUT2D eigenvalue weighted by Crippen LogP contribution is 2.39.